The molecule has 1 aromatic carbocycles. The van der Waals surface area contributed by atoms with Crippen molar-refractivity contribution in [3.05, 3.63) is 24.3 Å². The zero-order chi connectivity index (χ0) is 12.0. The van der Waals surface area contributed by atoms with Crippen LogP contribution < -0.4 is 11.3 Å². The molecule has 1 atom stereocenters. The van der Waals surface area contributed by atoms with Crippen molar-refractivity contribution < 1.29 is 14.6 Å². The number of aromatic hydroxyl groups is 1. The quantitative estimate of drug-likeness (QED) is 0.303. The van der Waals surface area contributed by atoms with Gasteiger partial charge in [0.15, 0.2) is 0 Å². The van der Waals surface area contributed by atoms with Crippen LogP contribution in [0.3, 0.4) is 0 Å². The number of hydrogen-bond donors (Lipinski definition) is 3. The number of methoxy groups -OCH3 is 1. The summed E-state index contributed by atoms with van der Waals surface area (Å²) in [6.07, 6.45) is 0. The van der Waals surface area contributed by atoms with E-state index in [1.807, 2.05) is 0 Å². The first-order chi connectivity index (χ1) is 7.67. The molecule has 0 bridgehead atoms. The van der Waals surface area contributed by atoms with E-state index >= 15 is 0 Å². The average molecular weight is 242 g/mol. The van der Waals surface area contributed by atoms with Gasteiger partial charge in [0.2, 0.25) is 5.91 Å². The Labute approximate surface area is 97.9 Å². The molecule has 0 aliphatic heterocycles. The first kappa shape index (κ1) is 12.8. The number of thioether (sulfide) groups is 1. The summed E-state index contributed by atoms with van der Waals surface area (Å²) in [5, 5.41) is 8.85. The Kier molecular flexibility index (Phi) is 5.10. The number of amides is 1. The van der Waals surface area contributed by atoms with E-state index in [9.17, 15) is 9.90 Å². The van der Waals surface area contributed by atoms with Gasteiger partial charge >= 0.3 is 0 Å². The van der Waals surface area contributed by atoms with Crippen LogP contribution in [0.5, 0.6) is 5.75 Å². The highest BCUT2D eigenvalue weighted by molar-refractivity contribution is 8.00. The van der Waals surface area contributed by atoms with Gasteiger partial charge in [-0.25, -0.2) is 5.84 Å². The van der Waals surface area contributed by atoms with Gasteiger partial charge in [-0.2, -0.15) is 0 Å². The fourth-order valence-corrected chi connectivity index (χ4v) is 2.18. The van der Waals surface area contributed by atoms with Crippen molar-refractivity contribution in [2.75, 3.05) is 13.7 Å². The van der Waals surface area contributed by atoms with Crippen molar-refractivity contribution in [2.45, 2.75) is 10.1 Å². The first-order valence-electron chi connectivity index (χ1n) is 4.62. The lowest BCUT2D eigenvalue weighted by Crippen LogP contribution is -2.39. The van der Waals surface area contributed by atoms with Crippen molar-refractivity contribution >= 4 is 17.7 Å². The van der Waals surface area contributed by atoms with E-state index < -0.39 is 5.25 Å². The Morgan fingerprint density at radius 1 is 1.69 bits per heavy atom. The lowest BCUT2D eigenvalue weighted by atomic mass is 10.3. The number of phenolic OH excluding ortho intramolecular Hbond substituents is 1. The summed E-state index contributed by atoms with van der Waals surface area (Å²) in [5.41, 5.74) is 2.08. The van der Waals surface area contributed by atoms with Gasteiger partial charge in [-0.05, 0) is 18.2 Å². The van der Waals surface area contributed by atoms with E-state index in [0.717, 1.165) is 4.90 Å². The summed E-state index contributed by atoms with van der Waals surface area (Å²) in [6.45, 7) is 0.253. The van der Waals surface area contributed by atoms with E-state index in [0.29, 0.717) is 0 Å². The lowest BCUT2D eigenvalue weighted by Gasteiger charge is -2.13. The second-order valence-electron chi connectivity index (χ2n) is 3.07. The highest BCUT2D eigenvalue weighted by atomic mass is 32.2. The van der Waals surface area contributed by atoms with Gasteiger partial charge in [-0.15, -0.1) is 11.8 Å². The number of ether oxygens (including phenoxy) is 1. The normalized spacial score (nSPS) is 12.1. The summed E-state index contributed by atoms with van der Waals surface area (Å²) >= 11 is 1.28. The third kappa shape index (κ3) is 3.73. The summed E-state index contributed by atoms with van der Waals surface area (Å²) in [4.78, 5) is 12.2. The van der Waals surface area contributed by atoms with Gasteiger partial charge in [0.25, 0.3) is 0 Å². The number of nitrogens with one attached hydrogen (secondary N) is 1. The monoisotopic (exact) mass is 242 g/mol. The van der Waals surface area contributed by atoms with E-state index in [1.165, 1.54) is 18.9 Å². The van der Waals surface area contributed by atoms with Crippen LogP contribution in [-0.2, 0) is 9.53 Å². The fraction of sp³-hybridized carbons (Fsp3) is 0.300. The van der Waals surface area contributed by atoms with E-state index in [1.54, 1.807) is 24.3 Å². The molecule has 0 spiro atoms. The SMILES string of the molecule is COCC(Sc1cccc(O)c1)C(=O)NN. The molecule has 0 radical (unpaired) electrons. The molecule has 88 valence electrons. The maximum Gasteiger partial charge on any atom is 0.249 e. The van der Waals surface area contributed by atoms with Gasteiger partial charge in [0.1, 0.15) is 11.0 Å². The number of carbonyl (C=O) groups excluding carboxylic acids is 1. The molecule has 1 unspecified atom stereocenters. The summed E-state index contributed by atoms with van der Waals surface area (Å²) in [5.74, 6) is 4.92. The van der Waals surface area contributed by atoms with Crippen molar-refractivity contribution in [1.82, 2.24) is 5.43 Å². The average Bonchev–Trinajstić information content (AvgIpc) is 2.27. The topological polar surface area (TPSA) is 84.6 Å². The third-order valence-electron chi connectivity index (χ3n) is 1.85. The molecule has 6 heteroatoms. The van der Waals surface area contributed by atoms with E-state index in [-0.39, 0.29) is 18.3 Å². The van der Waals surface area contributed by atoms with Gasteiger partial charge in [0, 0.05) is 12.0 Å². The van der Waals surface area contributed by atoms with Crippen LogP contribution in [0.15, 0.2) is 29.2 Å². The summed E-state index contributed by atoms with van der Waals surface area (Å²) in [7, 11) is 1.51. The summed E-state index contributed by atoms with van der Waals surface area (Å²) in [6, 6.07) is 6.66. The van der Waals surface area contributed by atoms with Crippen LogP contribution in [0.4, 0.5) is 0 Å². The Balaban J connectivity index is 2.71. The second-order valence-corrected chi connectivity index (χ2v) is 4.34. The highest BCUT2D eigenvalue weighted by Crippen LogP contribution is 2.26. The van der Waals surface area contributed by atoms with Crippen LogP contribution in [0, 0.1) is 0 Å². The van der Waals surface area contributed by atoms with Crippen LogP contribution in [0.1, 0.15) is 0 Å². The molecule has 0 aliphatic rings. The maximum absolute atomic E-state index is 11.4. The molecule has 4 N–H and O–H groups in total. The smallest absolute Gasteiger partial charge is 0.249 e. The Bertz CT molecular complexity index is 360. The Morgan fingerprint density at radius 3 is 3.00 bits per heavy atom. The second kappa shape index (κ2) is 6.37. The van der Waals surface area contributed by atoms with Crippen molar-refractivity contribution in [1.29, 1.82) is 0 Å². The molecule has 0 aromatic heterocycles. The predicted octanol–water partition coefficient (Wildman–Crippen LogP) is 0.489. The molecular formula is C10H14N2O3S. The van der Waals surface area contributed by atoms with Crippen LogP contribution >= 0.6 is 11.8 Å². The predicted molar refractivity (Wildman–Crippen MR) is 62.0 cm³/mol. The zero-order valence-corrected chi connectivity index (χ0v) is 9.66. The number of hydrazine groups is 1. The number of rotatable bonds is 5. The summed E-state index contributed by atoms with van der Waals surface area (Å²) < 4.78 is 4.93. The molecule has 0 saturated heterocycles. The standard InChI is InChI=1S/C10H14N2O3S/c1-15-6-9(10(14)12-11)16-8-4-2-3-7(13)5-8/h2-5,9,13H,6,11H2,1H3,(H,12,14). The molecule has 0 saturated carbocycles. The molecule has 0 aliphatic carbocycles. The minimum Gasteiger partial charge on any atom is -0.508 e. The van der Waals surface area contributed by atoms with Gasteiger partial charge in [0.05, 0.1) is 6.61 Å². The number of carbonyl (C=O) groups is 1. The number of hydrogen-bond acceptors (Lipinski definition) is 5. The molecule has 1 amide bonds. The van der Waals surface area contributed by atoms with Crippen molar-refractivity contribution in [3.63, 3.8) is 0 Å². The van der Waals surface area contributed by atoms with Gasteiger partial charge < -0.3 is 9.84 Å². The minimum atomic E-state index is -0.434. The minimum absolute atomic E-state index is 0.161. The lowest BCUT2D eigenvalue weighted by molar-refractivity contribution is -0.121. The number of benzene rings is 1. The van der Waals surface area contributed by atoms with Crippen LogP contribution in [0.25, 0.3) is 0 Å². The number of phenols is 1. The fourth-order valence-electron chi connectivity index (χ4n) is 1.13. The molecule has 0 heterocycles. The molecule has 1 rings (SSSR count). The maximum atomic E-state index is 11.4. The highest BCUT2D eigenvalue weighted by Gasteiger charge is 2.18. The molecule has 0 fully saturated rings. The van der Waals surface area contributed by atoms with Gasteiger partial charge in [-0.1, -0.05) is 6.07 Å². The number of nitrogens with two attached hydrogens (primary N) is 1. The molecule has 16 heavy (non-hydrogen) atoms. The van der Waals surface area contributed by atoms with E-state index in [2.05, 4.69) is 5.43 Å². The zero-order valence-electron chi connectivity index (χ0n) is 8.84. The van der Waals surface area contributed by atoms with Crippen LogP contribution in [-0.4, -0.2) is 30.0 Å². The van der Waals surface area contributed by atoms with Crippen molar-refractivity contribution in [2.24, 2.45) is 5.84 Å². The van der Waals surface area contributed by atoms with Crippen LogP contribution in [0.2, 0.25) is 0 Å². The molecule has 1 aromatic rings. The largest absolute Gasteiger partial charge is 0.508 e. The van der Waals surface area contributed by atoms with E-state index in [4.69, 9.17) is 10.6 Å². The van der Waals surface area contributed by atoms with Gasteiger partial charge in [-0.3, -0.25) is 10.2 Å². The Morgan fingerprint density at radius 2 is 2.44 bits per heavy atom. The molecular weight excluding hydrogens is 228 g/mol. The van der Waals surface area contributed by atoms with Crippen molar-refractivity contribution in [3.8, 4) is 5.75 Å². The first-order valence-corrected chi connectivity index (χ1v) is 5.50. The molecule has 5 nitrogen and oxygen atoms in total. The Hall–Kier alpha value is -1.24. The third-order valence-corrected chi connectivity index (χ3v) is 3.01.